The summed E-state index contributed by atoms with van der Waals surface area (Å²) in [6.45, 7) is 0. The van der Waals surface area contributed by atoms with Gasteiger partial charge >= 0.3 is 23.5 Å². The molecule has 0 heterocycles. The third kappa shape index (κ3) is 211. The van der Waals surface area contributed by atoms with Crippen LogP contribution in [0.5, 0.6) is 0 Å². The van der Waals surface area contributed by atoms with Crippen molar-refractivity contribution in [2.24, 2.45) is 0 Å². The molecular weight excluding hydrogens is 199 g/mol. The fourth-order valence-corrected chi connectivity index (χ4v) is 0. The van der Waals surface area contributed by atoms with E-state index in [4.69, 9.17) is 32.7 Å². The minimum Gasteiger partial charge on any atom is -0.759 e. The van der Waals surface area contributed by atoms with Gasteiger partial charge in [-0.05, 0) is 0 Å². The number of rotatable bonds is 0. The van der Waals surface area contributed by atoms with Crippen LogP contribution in [0.4, 0.5) is 4.79 Å². The first-order valence-corrected chi connectivity index (χ1v) is 2.80. The average molecular weight is 200 g/mol. The number of hydrogen-bond acceptors (Lipinski definition) is 7. The van der Waals surface area contributed by atoms with Crippen LogP contribution in [0.2, 0.25) is 0 Å². The molecule has 0 saturated carbocycles. The van der Waals surface area contributed by atoms with Gasteiger partial charge in [-0.15, -0.1) is 0 Å². The molecule has 0 atom stereocenters. The molecule has 0 fully saturated rings. The van der Waals surface area contributed by atoms with Gasteiger partial charge in [0.15, 0.2) is 0 Å². The Morgan fingerprint density at radius 1 is 1.36 bits per heavy atom. The summed E-state index contributed by atoms with van der Waals surface area (Å²) in [4.78, 5) is 11.2. The van der Waals surface area contributed by atoms with Crippen molar-refractivity contribution in [1.29, 1.82) is 0 Å². The van der Waals surface area contributed by atoms with E-state index < -0.39 is 16.6 Å². The third-order valence-electron chi connectivity index (χ3n) is 0.0713. The quantitative estimate of drug-likeness (QED) is 0.145. The second kappa shape index (κ2) is 7.74. The van der Waals surface area contributed by atoms with Gasteiger partial charge in [-0.3, -0.25) is 8.42 Å². The Bertz CT molecular complexity index is 172. The molecule has 0 bridgehead atoms. The van der Waals surface area contributed by atoms with Crippen LogP contribution in [-0.2, 0) is 15.3 Å². The zero-order valence-corrected chi connectivity index (χ0v) is 6.76. The minimum atomic E-state index is -5.17. The summed E-state index contributed by atoms with van der Waals surface area (Å²) in [6.07, 6.45) is -1.80. The molecule has 11 heavy (non-hydrogen) atoms. The Balaban J connectivity index is -0.000000107. The predicted octanol–water partition coefficient (Wildman–Crippen LogP) is -2.76. The van der Waals surface area contributed by atoms with E-state index in [1.54, 1.807) is 0 Å². The molecule has 1 N–H and O–H groups in total. The first-order chi connectivity index (χ1) is 4.27. The SMILES string of the molecule is O=C(O)O[O-].O=S(=O)([O-])[O-].[Al+3]. The van der Waals surface area contributed by atoms with Gasteiger partial charge in [0.25, 0.3) is 0 Å². The van der Waals surface area contributed by atoms with E-state index in [1.807, 2.05) is 0 Å². The molecule has 0 aromatic rings. The molecule has 10 heteroatoms. The van der Waals surface area contributed by atoms with Crippen molar-refractivity contribution < 1.29 is 37.6 Å². The molecule has 0 rings (SSSR count). The van der Waals surface area contributed by atoms with Gasteiger partial charge in [0, 0.05) is 10.4 Å². The Hall–Kier alpha value is -0.368. The molecule has 62 valence electrons. The van der Waals surface area contributed by atoms with E-state index in [0.29, 0.717) is 0 Å². The first kappa shape index (κ1) is 16.9. The van der Waals surface area contributed by atoms with Crippen LogP contribution < -0.4 is 5.26 Å². The standard InChI is InChI=1S/CH2O4.Al.H2O4S/c2-1(3)5-4;;1-5(2,3)4/h4H,(H,2,3);;(H2,1,2,3,4)/q;+3;/p-3. The summed E-state index contributed by atoms with van der Waals surface area (Å²) in [5.41, 5.74) is 0. The van der Waals surface area contributed by atoms with Gasteiger partial charge in [-0.25, -0.2) is 4.79 Å². The fourth-order valence-electron chi connectivity index (χ4n) is 0. The third-order valence-corrected chi connectivity index (χ3v) is 0.0713. The van der Waals surface area contributed by atoms with Crippen molar-refractivity contribution >= 4 is 33.9 Å². The molecule has 0 spiro atoms. The van der Waals surface area contributed by atoms with Gasteiger partial charge in [0.05, 0.1) is 0 Å². The Kier molecular flexibility index (Phi) is 11.9. The van der Waals surface area contributed by atoms with Crippen molar-refractivity contribution in [1.82, 2.24) is 0 Å². The number of carboxylic acid groups (broad SMARTS) is 1. The maximum atomic E-state index is 8.83. The van der Waals surface area contributed by atoms with Crippen LogP contribution in [0.25, 0.3) is 0 Å². The van der Waals surface area contributed by atoms with Crippen LogP contribution >= 0.6 is 0 Å². The van der Waals surface area contributed by atoms with Crippen molar-refractivity contribution in [2.75, 3.05) is 0 Å². The zero-order chi connectivity index (χ0) is 8.78. The minimum absolute atomic E-state index is 0. The number of carbonyl (C=O) groups is 1. The molecule has 0 aliphatic heterocycles. The molecule has 0 aliphatic rings. The van der Waals surface area contributed by atoms with Crippen molar-refractivity contribution in [3.8, 4) is 0 Å². The van der Waals surface area contributed by atoms with E-state index in [9.17, 15) is 0 Å². The second-order valence-electron chi connectivity index (χ2n) is 0.757. The van der Waals surface area contributed by atoms with E-state index in [1.165, 1.54) is 0 Å². The van der Waals surface area contributed by atoms with E-state index in [0.717, 1.165) is 0 Å². The molecule has 0 aliphatic carbocycles. The average Bonchev–Trinajstić information content (AvgIpc) is 1.61. The van der Waals surface area contributed by atoms with Gasteiger partial charge < -0.3 is 24.4 Å². The summed E-state index contributed by atoms with van der Waals surface area (Å²) < 4.78 is 34.1. The van der Waals surface area contributed by atoms with Crippen LogP contribution in [0.3, 0.4) is 0 Å². The van der Waals surface area contributed by atoms with Gasteiger partial charge in [-0.2, -0.15) is 0 Å². The summed E-state index contributed by atoms with van der Waals surface area (Å²) in [5.74, 6) is 0. The normalized spacial score (nSPS) is 8.27. The fraction of sp³-hybridized carbons (Fsp3) is 0. The maximum absolute atomic E-state index is 8.83. The van der Waals surface area contributed by atoms with Gasteiger partial charge in [-0.1, -0.05) is 0 Å². The molecule has 0 aromatic carbocycles. The molecule has 0 amide bonds. The largest absolute Gasteiger partial charge is 3.00 e. The molecular formula is CHAlO8S. The molecule has 0 unspecified atom stereocenters. The van der Waals surface area contributed by atoms with Crippen LogP contribution in [0.1, 0.15) is 0 Å². The molecule has 0 saturated heterocycles. The summed E-state index contributed by atoms with van der Waals surface area (Å²) in [6, 6.07) is 0. The van der Waals surface area contributed by atoms with Gasteiger partial charge in [0.1, 0.15) is 0 Å². The van der Waals surface area contributed by atoms with Crippen molar-refractivity contribution in [3.63, 3.8) is 0 Å². The number of hydrogen-bond donors (Lipinski definition) is 1. The van der Waals surface area contributed by atoms with Crippen LogP contribution in [0.15, 0.2) is 0 Å². The first-order valence-electron chi connectivity index (χ1n) is 1.47. The Morgan fingerprint density at radius 2 is 1.45 bits per heavy atom. The Morgan fingerprint density at radius 3 is 1.45 bits per heavy atom. The topological polar surface area (TPSA) is 150 Å². The Labute approximate surface area is 72.0 Å². The smallest absolute Gasteiger partial charge is 0.759 e. The predicted molar refractivity (Wildman–Crippen MR) is 25.3 cm³/mol. The van der Waals surface area contributed by atoms with Crippen molar-refractivity contribution in [3.05, 3.63) is 0 Å². The molecule has 0 radical (unpaired) electrons. The van der Waals surface area contributed by atoms with E-state index in [-0.39, 0.29) is 17.4 Å². The monoisotopic (exact) mass is 200 g/mol. The van der Waals surface area contributed by atoms with Crippen molar-refractivity contribution in [2.45, 2.75) is 0 Å². The zero-order valence-electron chi connectivity index (χ0n) is 4.79. The second-order valence-corrected chi connectivity index (χ2v) is 1.57. The molecule has 0 aromatic heterocycles. The van der Waals surface area contributed by atoms with Crippen LogP contribution in [-0.4, -0.2) is 46.1 Å². The van der Waals surface area contributed by atoms with E-state index in [2.05, 4.69) is 4.89 Å². The summed E-state index contributed by atoms with van der Waals surface area (Å²) in [7, 11) is -5.17. The molecule has 8 nitrogen and oxygen atoms in total. The summed E-state index contributed by atoms with van der Waals surface area (Å²) in [5, 5.41) is 15.7. The van der Waals surface area contributed by atoms with E-state index >= 15 is 0 Å². The summed E-state index contributed by atoms with van der Waals surface area (Å²) >= 11 is 0. The van der Waals surface area contributed by atoms with Gasteiger partial charge in [0.2, 0.25) is 0 Å². The van der Waals surface area contributed by atoms with Crippen LogP contribution in [0, 0.1) is 0 Å². The maximum Gasteiger partial charge on any atom is 3.00 e.